The summed E-state index contributed by atoms with van der Waals surface area (Å²) in [6.07, 6.45) is 3.36. The number of ether oxygens (including phenoxy) is 2. The van der Waals surface area contributed by atoms with Gasteiger partial charge in [-0.15, -0.1) is 0 Å². The van der Waals surface area contributed by atoms with Crippen molar-refractivity contribution in [1.82, 2.24) is 14.9 Å². The lowest BCUT2D eigenvalue weighted by Gasteiger charge is -2.20. The Morgan fingerprint density at radius 3 is 2.40 bits per heavy atom. The third-order valence-electron chi connectivity index (χ3n) is 4.50. The zero-order valence-electron chi connectivity index (χ0n) is 16.5. The molecule has 9 nitrogen and oxygen atoms in total. The van der Waals surface area contributed by atoms with Crippen LogP contribution in [-0.2, 0) is 7.05 Å². The predicted molar refractivity (Wildman–Crippen MR) is 110 cm³/mol. The van der Waals surface area contributed by atoms with Gasteiger partial charge in [0.05, 0.1) is 19.1 Å². The van der Waals surface area contributed by atoms with Crippen molar-refractivity contribution in [1.29, 1.82) is 0 Å². The van der Waals surface area contributed by atoms with E-state index in [1.807, 2.05) is 0 Å². The van der Waals surface area contributed by atoms with Gasteiger partial charge in [-0.25, -0.2) is 4.98 Å². The SMILES string of the molecule is COc1cc(OC)cc([C@@H](NC(=O)c2ccc(Cl)c([N+](=O)[O-])c2)c2nccn2C)c1. The largest absolute Gasteiger partial charge is 0.497 e. The number of nitrogens with one attached hydrogen (secondary N) is 1. The average molecular weight is 431 g/mol. The Kier molecular flexibility index (Phi) is 6.22. The Labute approximate surface area is 177 Å². The Morgan fingerprint density at radius 1 is 1.20 bits per heavy atom. The van der Waals surface area contributed by atoms with Crippen LogP contribution in [0, 0.1) is 10.1 Å². The molecule has 3 rings (SSSR count). The molecule has 30 heavy (non-hydrogen) atoms. The highest BCUT2D eigenvalue weighted by molar-refractivity contribution is 6.32. The lowest BCUT2D eigenvalue weighted by molar-refractivity contribution is -0.384. The number of hydrogen-bond acceptors (Lipinski definition) is 6. The lowest BCUT2D eigenvalue weighted by Crippen LogP contribution is -2.31. The molecule has 1 amide bonds. The van der Waals surface area contributed by atoms with Crippen LogP contribution >= 0.6 is 11.6 Å². The van der Waals surface area contributed by atoms with Crippen LogP contribution in [0.3, 0.4) is 0 Å². The van der Waals surface area contributed by atoms with Crippen molar-refractivity contribution in [2.75, 3.05) is 14.2 Å². The van der Waals surface area contributed by atoms with E-state index in [0.29, 0.717) is 22.9 Å². The van der Waals surface area contributed by atoms with E-state index in [-0.39, 0.29) is 16.3 Å². The number of hydrogen-bond donors (Lipinski definition) is 1. The summed E-state index contributed by atoms with van der Waals surface area (Å²) in [6.45, 7) is 0. The van der Waals surface area contributed by atoms with Gasteiger partial charge in [-0.3, -0.25) is 14.9 Å². The van der Waals surface area contributed by atoms with Crippen molar-refractivity contribution < 1.29 is 19.2 Å². The summed E-state index contributed by atoms with van der Waals surface area (Å²) >= 11 is 5.85. The van der Waals surface area contributed by atoms with Gasteiger partial charge in [0.25, 0.3) is 11.6 Å². The van der Waals surface area contributed by atoms with Crippen molar-refractivity contribution in [2.45, 2.75) is 6.04 Å². The molecule has 0 unspecified atom stereocenters. The fourth-order valence-electron chi connectivity index (χ4n) is 2.96. The molecule has 1 N–H and O–H groups in total. The maximum Gasteiger partial charge on any atom is 0.288 e. The van der Waals surface area contributed by atoms with Crippen LogP contribution in [0.1, 0.15) is 27.8 Å². The topological polar surface area (TPSA) is 109 Å². The zero-order valence-corrected chi connectivity index (χ0v) is 17.2. The van der Waals surface area contributed by atoms with Crippen LogP contribution in [0.15, 0.2) is 48.8 Å². The van der Waals surface area contributed by atoms with E-state index in [9.17, 15) is 14.9 Å². The van der Waals surface area contributed by atoms with E-state index in [2.05, 4.69) is 10.3 Å². The number of aromatic nitrogens is 2. The maximum atomic E-state index is 13.0. The number of carbonyl (C=O) groups excluding carboxylic acids is 1. The summed E-state index contributed by atoms with van der Waals surface area (Å²) in [5.74, 6) is 1.12. The first-order chi connectivity index (χ1) is 14.3. The number of halogens is 1. The Hall–Kier alpha value is -3.59. The van der Waals surface area contributed by atoms with Crippen LogP contribution in [0.25, 0.3) is 0 Å². The van der Waals surface area contributed by atoms with Crippen LogP contribution in [0.5, 0.6) is 11.5 Å². The fourth-order valence-corrected chi connectivity index (χ4v) is 3.14. The van der Waals surface area contributed by atoms with Gasteiger partial charge in [-0.05, 0) is 29.8 Å². The second-order valence-corrected chi connectivity index (χ2v) is 6.78. The molecule has 0 aliphatic heterocycles. The first kappa shape index (κ1) is 21.1. The molecule has 0 aliphatic rings. The highest BCUT2D eigenvalue weighted by atomic mass is 35.5. The second kappa shape index (κ2) is 8.83. The minimum atomic E-state index is -0.670. The van der Waals surface area contributed by atoms with Crippen LogP contribution in [0.2, 0.25) is 5.02 Å². The van der Waals surface area contributed by atoms with Gasteiger partial charge in [0, 0.05) is 37.1 Å². The minimum Gasteiger partial charge on any atom is -0.497 e. The van der Waals surface area contributed by atoms with Crippen molar-refractivity contribution in [3.63, 3.8) is 0 Å². The number of aryl methyl sites for hydroxylation is 1. The highest BCUT2D eigenvalue weighted by Gasteiger charge is 2.24. The van der Waals surface area contributed by atoms with Gasteiger partial charge >= 0.3 is 0 Å². The molecule has 1 heterocycles. The Bertz CT molecular complexity index is 1080. The molecule has 0 radical (unpaired) electrons. The van der Waals surface area contributed by atoms with Crippen LogP contribution < -0.4 is 14.8 Å². The zero-order chi connectivity index (χ0) is 21.8. The number of amides is 1. The molecule has 0 bridgehead atoms. The summed E-state index contributed by atoms with van der Waals surface area (Å²) in [6, 6.07) is 8.43. The molecule has 2 aromatic carbocycles. The number of imidazole rings is 1. The summed E-state index contributed by atoms with van der Waals surface area (Å²) < 4.78 is 12.4. The molecule has 1 aromatic heterocycles. The number of methoxy groups -OCH3 is 2. The third kappa shape index (κ3) is 4.36. The smallest absolute Gasteiger partial charge is 0.288 e. The quantitative estimate of drug-likeness (QED) is 0.453. The van der Waals surface area contributed by atoms with Gasteiger partial charge in [-0.2, -0.15) is 0 Å². The number of carbonyl (C=O) groups is 1. The first-order valence-corrected chi connectivity index (χ1v) is 9.16. The molecule has 10 heteroatoms. The first-order valence-electron chi connectivity index (χ1n) is 8.79. The monoisotopic (exact) mass is 430 g/mol. The summed E-state index contributed by atoms with van der Waals surface area (Å²) in [5, 5.41) is 14.0. The van der Waals surface area contributed by atoms with Crippen LogP contribution in [0.4, 0.5) is 5.69 Å². The summed E-state index contributed by atoms with van der Waals surface area (Å²) in [5.41, 5.74) is 0.415. The van der Waals surface area contributed by atoms with Crippen molar-refractivity contribution >= 4 is 23.2 Å². The molecule has 0 saturated heterocycles. The highest BCUT2D eigenvalue weighted by Crippen LogP contribution is 2.30. The molecule has 0 fully saturated rings. The predicted octanol–water partition coefficient (Wildman–Crippen LogP) is 3.52. The standard InChI is InChI=1S/C20H19ClN4O5/c1-24-7-6-22-19(24)18(13-8-14(29-2)11-15(9-13)30-3)23-20(26)12-4-5-16(21)17(10-12)25(27)28/h4-11,18H,1-3H3,(H,23,26)/t18-/m1/s1. The van der Waals surface area contributed by atoms with Gasteiger partial charge < -0.3 is 19.4 Å². The van der Waals surface area contributed by atoms with Crippen molar-refractivity contribution in [3.05, 3.63) is 80.9 Å². The number of rotatable bonds is 7. The van der Waals surface area contributed by atoms with E-state index in [1.54, 1.807) is 42.2 Å². The van der Waals surface area contributed by atoms with Crippen molar-refractivity contribution in [3.8, 4) is 11.5 Å². The third-order valence-corrected chi connectivity index (χ3v) is 4.82. The normalized spacial score (nSPS) is 11.6. The van der Waals surface area contributed by atoms with Crippen molar-refractivity contribution in [2.24, 2.45) is 7.05 Å². The van der Waals surface area contributed by atoms with E-state index in [1.165, 1.54) is 26.4 Å². The van der Waals surface area contributed by atoms with E-state index < -0.39 is 16.9 Å². The fraction of sp³-hybridized carbons (Fsp3) is 0.200. The van der Waals surface area contributed by atoms with Gasteiger partial charge in [0.15, 0.2) is 0 Å². The van der Waals surface area contributed by atoms with Gasteiger partial charge in [0.2, 0.25) is 0 Å². The molecule has 0 spiro atoms. The minimum absolute atomic E-state index is 0.0465. The molecule has 3 aromatic rings. The Morgan fingerprint density at radius 2 is 1.87 bits per heavy atom. The maximum absolute atomic E-state index is 13.0. The number of nitro benzene ring substituents is 1. The number of nitro groups is 1. The molecule has 0 saturated carbocycles. The van der Waals surface area contributed by atoms with E-state index in [4.69, 9.17) is 21.1 Å². The number of benzene rings is 2. The second-order valence-electron chi connectivity index (χ2n) is 6.37. The number of nitrogens with zero attached hydrogens (tertiary/aromatic N) is 3. The van der Waals surface area contributed by atoms with Gasteiger partial charge in [0.1, 0.15) is 28.4 Å². The summed E-state index contributed by atoms with van der Waals surface area (Å²) in [4.78, 5) is 27.8. The lowest BCUT2D eigenvalue weighted by atomic mass is 10.0. The molecular weight excluding hydrogens is 412 g/mol. The Balaban J connectivity index is 2.03. The van der Waals surface area contributed by atoms with E-state index >= 15 is 0 Å². The molecule has 156 valence electrons. The molecular formula is C20H19ClN4O5. The van der Waals surface area contributed by atoms with Crippen LogP contribution in [-0.4, -0.2) is 34.6 Å². The summed E-state index contributed by atoms with van der Waals surface area (Å²) in [7, 11) is 4.85. The average Bonchev–Trinajstić information content (AvgIpc) is 3.16. The van der Waals surface area contributed by atoms with E-state index in [0.717, 1.165) is 6.07 Å². The molecule has 1 atom stereocenters. The molecule has 0 aliphatic carbocycles. The van der Waals surface area contributed by atoms with Gasteiger partial charge in [-0.1, -0.05) is 11.6 Å².